The van der Waals surface area contributed by atoms with E-state index in [0.717, 1.165) is 5.56 Å². The third kappa shape index (κ3) is 2.79. The summed E-state index contributed by atoms with van der Waals surface area (Å²) in [6.07, 6.45) is 8.29. The molecule has 4 heteroatoms. The number of aliphatic hydroxyl groups excluding tert-OH is 1. The zero-order chi connectivity index (χ0) is 10.7. The molecule has 1 atom stereocenters. The summed E-state index contributed by atoms with van der Waals surface area (Å²) in [7, 11) is 1.86. The van der Waals surface area contributed by atoms with Crippen LogP contribution in [0.25, 0.3) is 0 Å². The molecule has 1 aromatic heterocycles. The van der Waals surface area contributed by atoms with Crippen molar-refractivity contribution in [2.24, 2.45) is 7.05 Å². The highest BCUT2D eigenvalue weighted by Crippen LogP contribution is 2.18. The van der Waals surface area contributed by atoms with Crippen LogP contribution in [-0.4, -0.2) is 27.5 Å². The number of hydrogen-bond donors (Lipinski definition) is 2. The van der Waals surface area contributed by atoms with Gasteiger partial charge in [-0.1, -0.05) is 12.8 Å². The smallest absolute Gasteiger partial charge is 0.0944 e. The lowest BCUT2D eigenvalue weighted by atomic mass is 10.2. The number of aryl methyl sites for hydroxylation is 1. The van der Waals surface area contributed by atoms with Crippen molar-refractivity contribution in [1.82, 2.24) is 15.1 Å². The van der Waals surface area contributed by atoms with E-state index in [1.165, 1.54) is 25.7 Å². The molecule has 1 aromatic rings. The molecule has 0 aromatic carbocycles. The van der Waals surface area contributed by atoms with Crippen LogP contribution in [0.4, 0.5) is 0 Å². The third-order valence-corrected chi connectivity index (χ3v) is 3.06. The van der Waals surface area contributed by atoms with Gasteiger partial charge in [0.25, 0.3) is 0 Å². The molecule has 0 bridgehead atoms. The first-order valence-corrected chi connectivity index (χ1v) is 5.65. The molecular formula is C11H19N3O. The van der Waals surface area contributed by atoms with E-state index in [2.05, 4.69) is 10.4 Å². The molecular weight excluding hydrogens is 190 g/mol. The maximum absolute atomic E-state index is 9.88. The second kappa shape index (κ2) is 4.77. The molecule has 1 aliphatic rings. The monoisotopic (exact) mass is 209 g/mol. The summed E-state index contributed by atoms with van der Waals surface area (Å²) < 4.78 is 1.72. The van der Waals surface area contributed by atoms with E-state index in [0.29, 0.717) is 12.6 Å². The largest absolute Gasteiger partial charge is 0.387 e. The number of nitrogens with one attached hydrogen (secondary N) is 1. The van der Waals surface area contributed by atoms with Crippen LogP contribution < -0.4 is 5.32 Å². The molecule has 84 valence electrons. The zero-order valence-corrected chi connectivity index (χ0v) is 9.19. The van der Waals surface area contributed by atoms with Crippen LogP contribution in [0.3, 0.4) is 0 Å². The summed E-state index contributed by atoms with van der Waals surface area (Å²) in [6.45, 7) is 0.635. The summed E-state index contributed by atoms with van der Waals surface area (Å²) in [5.41, 5.74) is 0.892. The van der Waals surface area contributed by atoms with Gasteiger partial charge in [-0.3, -0.25) is 4.68 Å². The molecule has 0 amide bonds. The second-order valence-corrected chi connectivity index (χ2v) is 4.35. The summed E-state index contributed by atoms with van der Waals surface area (Å²) in [4.78, 5) is 0. The van der Waals surface area contributed by atoms with Gasteiger partial charge >= 0.3 is 0 Å². The molecule has 2 rings (SSSR count). The van der Waals surface area contributed by atoms with Gasteiger partial charge in [0, 0.05) is 31.4 Å². The number of aliphatic hydroxyl groups is 1. The van der Waals surface area contributed by atoms with Crippen molar-refractivity contribution in [3.05, 3.63) is 18.0 Å². The van der Waals surface area contributed by atoms with Crippen LogP contribution in [-0.2, 0) is 7.05 Å². The summed E-state index contributed by atoms with van der Waals surface area (Å²) in [5, 5.41) is 17.3. The van der Waals surface area contributed by atoms with E-state index in [9.17, 15) is 5.11 Å². The first-order chi connectivity index (χ1) is 7.25. The standard InChI is InChI=1S/C11H19N3O/c1-14-8-9(6-13-14)11(15)7-12-10-4-2-3-5-10/h6,8,10-12,15H,2-5,7H2,1H3. The molecule has 15 heavy (non-hydrogen) atoms. The van der Waals surface area contributed by atoms with Gasteiger partial charge in [-0.2, -0.15) is 5.10 Å². The van der Waals surface area contributed by atoms with Crippen LogP contribution >= 0.6 is 0 Å². The molecule has 0 saturated heterocycles. The Morgan fingerprint density at radius 2 is 2.33 bits per heavy atom. The Kier molecular flexibility index (Phi) is 3.38. The van der Waals surface area contributed by atoms with E-state index < -0.39 is 6.10 Å². The fraction of sp³-hybridized carbons (Fsp3) is 0.727. The summed E-state index contributed by atoms with van der Waals surface area (Å²) >= 11 is 0. The lowest BCUT2D eigenvalue weighted by Crippen LogP contribution is -2.30. The van der Waals surface area contributed by atoms with E-state index in [1.54, 1.807) is 10.9 Å². The van der Waals surface area contributed by atoms with E-state index >= 15 is 0 Å². The van der Waals surface area contributed by atoms with Crippen molar-refractivity contribution >= 4 is 0 Å². The predicted molar refractivity (Wildman–Crippen MR) is 58.4 cm³/mol. The Labute approximate surface area is 90.3 Å². The van der Waals surface area contributed by atoms with E-state index in [-0.39, 0.29) is 0 Å². The second-order valence-electron chi connectivity index (χ2n) is 4.35. The third-order valence-electron chi connectivity index (χ3n) is 3.06. The number of rotatable bonds is 4. The highest BCUT2D eigenvalue weighted by molar-refractivity contribution is 5.08. The average Bonchev–Trinajstić information content (AvgIpc) is 2.84. The van der Waals surface area contributed by atoms with Crippen molar-refractivity contribution in [2.75, 3.05) is 6.54 Å². The number of aromatic nitrogens is 2. The summed E-state index contributed by atoms with van der Waals surface area (Å²) in [5.74, 6) is 0. The predicted octanol–water partition coefficient (Wildman–Crippen LogP) is 0.986. The van der Waals surface area contributed by atoms with Gasteiger partial charge in [0.05, 0.1) is 12.3 Å². The fourth-order valence-corrected chi connectivity index (χ4v) is 2.14. The van der Waals surface area contributed by atoms with Crippen molar-refractivity contribution in [1.29, 1.82) is 0 Å². The van der Waals surface area contributed by atoms with E-state index in [4.69, 9.17) is 0 Å². The normalized spacial score (nSPS) is 19.6. The van der Waals surface area contributed by atoms with Crippen molar-refractivity contribution in [3.63, 3.8) is 0 Å². The van der Waals surface area contributed by atoms with Crippen LogP contribution in [0.5, 0.6) is 0 Å². The van der Waals surface area contributed by atoms with Gasteiger partial charge in [0.2, 0.25) is 0 Å². The van der Waals surface area contributed by atoms with E-state index in [1.807, 2.05) is 13.2 Å². The van der Waals surface area contributed by atoms with Crippen molar-refractivity contribution < 1.29 is 5.11 Å². The average molecular weight is 209 g/mol. The SMILES string of the molecule is Cn1cc(C(O)CNC2CCCC2)cn1. The van der Waals surface area contributed by atoms with Crippen LogP contribution in [0.2, 0.25) is 0 Å². The van der Waals surface area contributed by atoms with Gasteiger partial charge in [-0.25, -0.2) is 0 Å². The van der Waals surface area contributed by atoms with Crippen LogP contribution in [0.15, 0.2) is 12.4 Å². The lowest BCUT2D eigenvalue weighted by Gasteiger charge is -2.14. The Hall–Kier alpha value is -0.870. The minimum Gasteiger partial charge on any atom is -0.387 e. The number of nitrogens with zero attached hydrogens (tertiary/aromatic N) is 2. The molecule has 1 heterocycles. The van der Waals surface area contributed by atoms with Gasteiger partial charge in [0.15, 0.2) is 0 Å². The maximum Gasteiger partial charge on any atom is 0.0944 e. The highest BCUT2D eigenvalue weighted by atomic mass is 16.3. The Morgan fingerprint density at radius 1 is 1.60 bits per heavy atom. The van der Waals surface area contributed by atoms with Gasteiger partial charge < -0.3 is 10.4 Å². The molecule has 1 unspecified atom stereocenters. The van der Waals surface area contributed by atoms with Crippen LogP contribution in [0.1, 0.15) is 37.4 Å². The highest BCUT2D eigenvalue weighted by Gasteiger charge is 2.16. The lowest BCUT2D eigenvalue weighted by molar-refractivity contribution is 0.170. The summed E-state index contributed by atoms with van der Waals surface area (Å²) in [6, 6.07) is 0.608. The maximum atomic E-state index is 9.88. The molecule has 1 fully saturated rings. The topological polar surface area (TPSA) is 50.1 Å². The first kappa shape index (κ1) is 10.6. The Balaban J connectivity index is 1.79. The van der Waals surface area contributed by atoms with Gasteiger partial charge in [-0.15, -0.1) is 0 Å². The van der Waals surface area contributed by atoms with Gasteiger partial charge in [-0.05, 0) is 12.8 Å². The van der Waals surface area contributed by atoms with Crippen molar-refractivity contribution in [2.45, 2.75) is 37.8 Å². The Bertz CT molecular complexity index is 305. The molecule has 1 saturated carbocycles. The fourth-order valence-electron chi connectivity index (χ4n) is 2.14. The molecule has 2 N–H and O–H groups in total. The minimum absolute atomic E-state index is 0.431. The van der Waals surface area contributed by atoms with Gasteiger partial charge in [0.1, 0.15) is 0 Å². The molecule has 0 radical (unpaired) electrons. The number of hydrogen-bond acceptors (Lipinski definition) is 3. The molecule has 0 spiro atoms. The molecule has 0 aliphatic heterocycles. The quantitative estimate of drug-likeness (QED) is 0.777. The molecule has 1 aliphatic carbocycles. The zero-order valence-electron chi connectivity index (χ0n) is 9.19. The Morgan fingerprint density at radius 3 is 2.93 bits per heavy atom. The van der Waals surface area contributed by atoms with Crippen molar-refractivity contribution in [3.8, 4) is 0 Å². The minimum atomic E-state index is -0.431. The first-order valence-electron chi connectivity index (χ1n) is 5.65. The van der Waals surface area contributed by atoms with Crippen LogP contribution in [0, 0.1) is 0 Å². The molecule has 4 nitrogen and oxygen atoms in total.